The summed E-state index contributed by atoms with van der Waals surface area (Å²) in [6.45, 7) is 12.2. The molecule has 150 valence electrons. The van der Waals surface area contributed by atoms with E-state index in [1.807, 2.05) is 57.7 Å². The van der Waals surface area contributed by atoms with Crippen molar-refractivity contribution in [1.82, 2.24) is 4.90 Å². The van der Waals surface area contributed by atoms with Crippen LogP contribution in [0.4, 0.5) is 16.2 Å². The van der Waals surface area contributed by atoms with Gasteiger partial charge in [-0.25, -0.2) is 4.79 Å². The van der Waals surface area contributed by atoms with Gasteiger partial charge in [0.2, 0.25) is 0 Å². The summed E-state index contributed by atoms with van der Waals surface area (Å²) in [5.74, 6) is 0.721. The molecule has 1 amide bonds. The lowest BCUT2D eigenvalue weighted by molar-refractivity contribution is 0.0111. The summed E-state index contributed by atoms with van der Waals surface area (Å²) in [6.07, 6.45) is 2.88. The molecule has 0 saturated carbocycles. The predicted octanol–water partition coefficient (Wildman–Crippen LogP) is 4.04. The van der Waals surface area contributed by atoms with Gasteiger partial charge in [0.05, 0.1) is 17.3 Å². The van der Waals surface area contributed by atoms with E-state index in [0.717, 1.165) is 50.3 Å². The summed E-state index contributed by atoms with van der Waals surface area (Å²) in [7, 11) is 0. The molecule has 2 heterocycles. The highest BCUT2D eigenvalue weighted by atomic mass is 16.6. The molecule has 6 heteroatoms. The van der Waals surface area contributed by atoms with Crippen LogP contribution in [0.15, 0.2) is 18.2 Å². The molecule has 3 rings (SSSR count). The number of amides is 1. The van der Waals surface area contributed by atoms with Crippen LogP contribution in [0.25, 0.3) is 0 Å². The number of hydrogen-bond acceptors (Lipinski definition) is 5. The summed E-state index contributed by atoms with van der Waals surface area (Å²) in [5.41, 5.74) is 7.19. The van der Waals surface area contributed by atoms with E-state index in [0.29, 0.717) is 5.69 Å². The fraction of sp³-hybridized carbons (Fsp3) is 0.667. The first-order chi connectivity index (χ1) is 12.6. The number of anilines is 2. The Labute approximate surface area is 162 Å². The molecular formula is C21H33N3O3. The van der Waals surface area contributed by atoms with Gasteiger partial charge >= 0.3 is 6.09 Å². The second kappa shape index (κ2) is 7.13. The van der Waals surface area contributed by atoms with Gasteiger partial charge in [-0.3, -0.25) is 0 Å². The number of likely N-dealkylation sites (tertiary alicyclic amines) is 1. The van der Waals surface area contributed by atoms with Gasteiger partial charge in [0.25, 0.3) is 0 Å². The van der Waals surface area contributed by atoms with Crippen LogP contribution in [-0.4, -0.2) is 47.9 Å². The van der Waals surface area contributed by atoms with Crippen LogP contribution in [0.2, 0.25) is 0 Å². The lowest BCUT2D eigenvalue weighted by Crippen LogP contribution is -2.50. The fourth-order valence-electron chi connectivity index (χ4n) is 4.12. The molecule has 2 aliphatic heterocycles. The molecule has 0 aliphatic carbocycles. The van der Waals surface area contributed by atoms with E-state index in [1.54, 1.807) is 0 Å². The topological polar surface area (TPSA) is 68.0 Å². The maximum atomic E-state index is 12.7. The average molecular weight is 376 g/mol. The highest BCUT2D eigenvalue weighted by Gasteiger charge is 2.49. The van der Waals surface area contributed by atoms with Crippen LogP contribution in [0.5, 0.6) is 5.75 Å². The predicted molar refractivity (Wildman–Crippen MR) is 108 cm³/mol. The smallest absolute Gasteiger partial charge is 0.410 e. The van der Waals surface area contributed by atoms with Crippen molar-refractivity contribution < 1.29 is 14.3 Å². The van der Waals surface area contributed by atoms with Gasteiger partial charge < -0.3 is 25.0 Å². The van der Waals surface area contributed by atoms with Crippen molar-refractivity contribution in [2.24, 2.45) is 0 Å². The summed E-state index contributed by atoms with van der Waals surface area (Å²) < 4.78 is 11.5. The molecule has 1 unspecified atom stereocenters. The first-order valence-corrected chi connectivity index (χ1v) is 9.91. The number of nitrogen functional groups attached to an aromatic ring is 1. The van der Waals surface area contributed by atoms with E-state index >= 15 is 0 Å². The van der Waals surface area contributed by atoms with Crippen LogP contribution in [0, 0.1) is 0 Å². The van der Waals surface area contributed by atoms with E-state index in [1.165, 1.54) is 0 Å². The number of nitrogens with two attached hydrogens (primary N) is 1. The third-order valence-electron chi connectivity index (χ3n) is 5.27. The van der Waals surface area contributed by atoms with Gasteiger partial charge in [0.15, 0.2) is 0 Å². The molecule has 2 aliphatic rings. The number of carbonyl (C=O) groups is 1. The molecule has 2 fully saturated rings. The van der Waals surface area contributed by atoms with Crippen molar-refractivity contribution in [1.29, 1.82) is 0 Å². The van der Waals surface area contributed by atoms with Crippen LogP contribution in [0.1, 0.15) is 53.9 Å². The quantitative estimate of drug-likeness (QED) is 0.808. The summed E-state index contributed by atoms with van der Waals surface area (Å²) >= 11 is 0. The molecule has 1 aromatic rings. The normalized spacial score (nSPS) is 22.7. The Kier molecular flexibility index (Phi) is 5.19. The van der Waals surface area contributed by atoms with Crippen molar-refractivity contribution in [3.8, 4) is 5.75 Å². The lowest BCUT2D eigenvalue weighted by atomic mass is 9.95. The SMILES string of the molecule is CC(C)Oc1cc(N2CCC3(CCCN3C(=O)OC(C)(C)C)C2)ccc1N. The maximum absolute atomic E-state index is 12.7. The minimum absolute atomic E-state index is 0.0740. The van der Waals surface area contributed by atoms with E-state index in [2.05, 4.69) is 4.90 Å². The molecule has 1 atom stereocenters. The Morgan fingerprint density at radius 3 is 2.63 bits per heavy atom. The van der Waals surface area contributed by atoms with Gasteiger partial charge in [0.1, 0.15) is 11.4 Å². The summed E-state index contributed by atoms with van der Waals surface area (Å²) in [6, 6.07) is 5.95. The Morgan fingerprint density at radius 1 is 1.22 bits per heavy atom. The van der Waals surface area contributed by atoms with Crippen LogP contribution in [0.3, 0.4) is 0 Å². The zero-order valence-corrected chi connectivity index (χ0v) is 17.2. The molecule has 6 nitrogen and oxygen atoms in total. The van der Waals surface area contributed by atoms with Gasteiger partial charge in [-0.05, 0) is 66.0 Å². The third-order valence-corrected chi connectivity index (χ3v) is 5.27. The molecule has 0 bridgehead atoms. The molecule has 1 aromatic carbocycles. The Bertz CT molecular complexity index is 698. The Balaban J connectivity index is 1.76. The van der Waals surface area contributed by atoms with Crippen molar-refractivity contribution in [3.05, 3.63) is 18.2 Å². The van der Waals surface area contributed by atoms with Gasteiger partial charge in [-0.15, -0.1) is 0 Å². The Morgan fingerprint density at radius 2 is 1.96 bits per heavy atom. The molecule has 2 N–H and O–H groups in total. The molecule has 0 radical (unpaired) electrons. The zero-order chi connectivity index (χ0) is 19.8. The minimum Gasteiger partial charge on any atom is -0.489 e. The monoisotopic (exact) mass is 375 g/mol. The lowest BCUT2D eigenvalue weighted by Gasteiger charge is -2.36. The summed E-state index contributed by atoms with van der Waals surface area (Å²) in [5, 5.41) is 0. The third kappa shape index (κ3) is 4.25. The van der Waals surface area contributed by atoms with Crippen molar-refractivity contribution >= 4 is 17.5 Å². The fourth-order valence-corrected chi connectivity index (χ4v) is 4.12. The number of benzene rings is 1. The number of rotatable bonds is 3. The van der Waals surface area contributed by atoms with E-state index in [-0.39, 0.29) is 17.7 Å². The standard InChI is InChI=1S/C21H33N3O3/c1-15(2)26-18-13-16(7-8-17(18)22)23-12-10-21(14-23)9-6-11-24(21)19(25)27-20(3,4)5/h7-8,13,15H,6,9-12,14,22H2,1-5H3. The van der Waals surface area contributed by atoms with Crippen molar-refractivity contribution in [2.45, 2.75) is 71.1 Å². The van der Waals surface area contributed by atoms with E-state index in [9.17, 15) is 4.79 Å². The second-order valence-corrected chi connectivity index (χ2v) is 9.02. The van der Waals surface area contributed by atoms with Crippen LogP contribution >= 0.6 is 0 Å². The molecule has 27 heavy (non-hydrogen) atoms. The Hall–Kier alpha value is -2.11. The molecule has 2 saturated heterocycles. The first-order valence-electron chi connectivity index (χ1n) is 9.91. The van der Waals surface area contributed by atoms with E-state index in [4.69, 9.17) is 15.2 Å². The maximum Gasteiger partial charge on any atom is 0.410 e. The van der Waals surface area contributed by atoms with Crippen LogP contribution in [-0.2, 0) is 4.74 Å². The largest absolute Gasteiger partial charge is 0.489 e. The highest BCUT2D eigenvalue weighted by Crippen LogP contribution is 2.41. The molecular weight excluding hydrogens is 342 g/mol. The second-order valence-electron chi connectivity index (χ2n) is 9.02. The first kappa shape index (κ1) is 19.6. The van der Waals surface area contributed by atoms with Crippen molar-refractivity contribution in [3.63, 3.8) is 0 Å². The minimum atomic E-state index is -0.473. The van der Waals surface area contributed by atoms with Crippen LogP contribution < -0.4 is 15.4 Å². The highest BCUT2D eigenvalue weighted by molar-refractivity contribution is 5.70. The van der Waals surface area contributed by atoms with Crippen molar-refractivity contribution in [2.75, 3.05) is 30.3 Å². The number of carbonyl (C=O) groups excluding carboxylic acids is 1. The number of nitrogens with zero attached hydrogens (tertiary/aromatic N) is 2. The molecule has 0 aromatic heterocycles. The average Bonchev–Trinajstić information content (AvgIpc) is 3.15. The number of ether oxygens (including phenoxy) is 2. The number of hydrogen-bond donors (Lipinski definition) is 1. The van der Waals surface area contributed by atoms with Gasteiger partial charge in [0, 0.05) is 31.4 Å². The molecule has 1 spiro atoms. The zero-order valence-electron chi connectivity index (χ0n) is 17.2. The van der Waals surface area contributed by atoms with Gasteiger partial charge in [-0.1, -0.05) is 0 Å². The van der Waals surface area contributed by atoms with E-state index < -0.39 is 5.60 Å². The van der Waals surface area contributed by atoms with Gasteiger partial charge in [-0.2, -0.15) is 0 Å². The summed E-state index contributed by atoms with van der Waals surface area (Å²) in [4.78, 5) is 17.0.